The Morgan fingerprint density at radius 1 is 1.35 bits per heavy atom. The van der Waals surface area contributed by atoms with Crippen LogP contribution in [0.5, 0.6) is 5.75 Å². The van der Waals surface area contributed by atoms with Crippen molar-refractivity contribution in [3.8, 4) is 5.75 Å². The molecule has 1 aromatic carbocycles. The highest BCUT2D eigenvalue weighted by Gasteiger charge is 2.18. The third-order valence-corrected chi connectivity index (χ3v) is 3.57. The Hall–Kier alpha value is -1.55. The van der Waals surface area contributed by atoms with Crippen LogP contribution in [-0.2, 0) is 6.54 Å². The van der Waals surface area contributed by atoms with E-state index in [9.17, 15) is 4.39 Å². The molecule has 2 heterocycles. The van der Waals surface area contributed by atoms with Crippen LogP contribution in [-0.4, -0.2) is 13.2 Å². The summed E-state index contributed by atoms with van der Waals surface area (Å²) < 4.78 is 18.6. The van der Waals surface area contributed by atoms with Gasteiger partial charge in [-0.1, -0.05) is 0 Å². The Morgan fingerprint density at radius 2 is 2.29 bits per heavy atom. The Bertz CT molecular complexity index is 512. The van der Waals surface area contributed by atoms with Crippen LogP contribution in [0.2, 0.25) is 0 Å². The molecule has 3 rings (SSSR count). The van der Waals surface area contributed by atoms with Gasteiger partial charge in [0.15, 0.2) is 0 Å². The highest BCUT2D eigenvalue weighted by Crippen LogP contribution is 2.33. The van der Waals surface area contributed by atoms with Crippen LogP contribution in [0.25, 0.3) is 0 Å². The van der Waals surface area contributed by atoms with Crippen LogP contribution in [0.4, 0.5) is 10.1 Å². The number of fused-ring (bicyclic) bond motifs is 1. The van der Waals surface area contributed by atoms with Crippen LogP contribution in [0.3, 0.4) is 0 Å². The van der Waals surface area contributed by atoms with Gasteiger partial charge in [0.25, 0.3) is 0 Å². The topological polar surface area (TPSA) is 12.5 Å². The van der Waals surface area contributed by atoms with Crippen LogP contribution < -0.4 is 9.64 Å². The first-order valence-electron chi connectivity index (χ1n) is 5.51. The van der Waals surface area contributed by atoms with Crippen LogP contribution >= 0.6 is 11.3 Å². The number of ether oxygens (including phenoxy) is 1. The van der Waals surface area contributed by atoms with Crippen molar-refractivity contribution in [1.29, 1.82) is 0 Å². The SMILES string of the molecule is Fc1ccc2c(c1)OCCN2Cc1ccsc1. The third-order valence-electron chi connectivity index (χ3n) is 2.83. The number of nitrogens with zero attached hydrogens (tertiary/aromatic N) is 1. The molecule has 0 saturated heterocycles. The van der Waals surface area contributed by atoms with Crippen molar-refractivity contribution < 1.29 is 9.13 Å². The third kappa shape index (κ3) is 2.13. The van der Waals surface area contributed by atoms with Crippen molar-refractivity contribution in [3.63, 3.8) is 0 Å². The molecule has 0 saturated carbocycles. The Kier molecular flexibility index (Phi) is 2.73. The summed E-state index contributed by atoms with van der Waals surface area (Å²) in [6, 6.07) is 6.84. The molecule has 0 radical (unpaired) electrons. The predicted octanol–water partition coefficient (Wildman–Crippen LogP) is 3.29. The number of halogens is 1. The van der Waals surface area contributed by atoms with Crippen LogP contribution in [0, 0.1) is 5.82 Å². The lowest BCUT2D eigenvalue weighted by Gasteiger charge is -2.31. The van der Waals surface area contributed by atoms with Crippen molar-refractivity contribution >= 4 is 17.0 Å². The van der Waals surface area contributed by atoms with Crippen molar-refractivity contribution in [3.05, 3.63) is 46.4 Å². The average Bonchev–Trinajstić information content (AvgIpc) is 2.82. The normalized spacial score (nSPS) is 14.3. The van der Waals surface area contributed by atoms with Crippen molar-refractivity contribution in [2.24, 2.45) is 0 Å². The molecule has 88 valence electrons. The first-order valence-corrected chi connectivity index (χ1v) is 6.45. The van der Waals surface area contributed by atoms with Gasteiger partial charge < -0.3 is 9.64 Å². The van der Waals surface area contributed by atoms with Gasteiger partial charge in [-0.05, 0) is 34.5 Å². The second-order valence-electron chi connectivity index (χ2n) is 4.01. The molecule has 0 unspecified atom stereocenters. The second-order valence-corrected chi connectivity index (χ2v) is 4.79. The van der Waals surface area contributed by atoms with E-state index >= 15 is 0 Å². The maximum atomic E-state index is 13.1. The molecule has 0 spiro atoms. The summed E-state index contributed by atoms with van der Waals surface area (Å²) in [6.45, 7) is 2.31. The van der Waals surface area contributed by atoms with Crippen molar-refractivity contribution in [2.45, 2.75) is 6.54 Å². The van der Waals surface area contributed by atoms with E-state index in [1.54, 1.807) is 17.4 Å². The fourth-order valence-electron chi connectivity index (χ4n) is 2.02. The van der Waals surface area contributed by atoms with Gasteiger partial charge in [-0.15, -0.1) is 0 Å². The van der Waals surface area contributed by atoms with Gasteiger partial charge >= 0.3 is 0 Å². The van der Waals surface area contributed by atoms with Gasteiger partial charge in [0, 0.05) is 12.6 Å². The Morgan fingerprint density at radius 3 is 3.12 bits per heavy atom. The molecule has 0 bridgehead atoms. The van der Waals surface area contributed by atoms with Gasteiger partial charge in [-0.25, -0.2) is 4.39 Å². The number of benzene rings is 1. The summed E-state index contributed by atoms with van der Waals surface area (Å²) in [7, 11) is 0. The summed E-state index contributed by atoms with van der Waals surface area (Å²) in [6.07, 6.45) is 0. The monoisotopic (exact) mass is 249 g/mol. The van der Waals surface area contributed by atoms with E-state index in [0.29, 0.717) is 12.4 Å². The first-order chi connectivity index (χ1) is 8.33. The van der Waals surface area contributed by atoms with Crippen LogP contribution in [0.1, 0.15) is 5.56 Å². The van der Waals surface area contributed by atoms with E-state index in [0.717, 1.165) is 18.8 Å². The summed E-state index contributed by atoms with van der Waals surface area (Å²) in [5, 5.41) is 4.21. The molecule has 1 aliphatic heterocycles. The number of hydrogen-bond acceptors (Lipinski definition) is 3. The predicted molar refractivity (Wildman–Crippen MR) is 67.3 cm³/mol. The quantitative estimate of drug-likeness (QED) is 0.809. The molecule has 4 heteroatoms. The lowest BCUT2D eigenvalue weighted by Crippen LogP contribution is -2.32. The lowest BCUT2D eigenvalue weighted by atomic mass is 10.2. The minimum Gasteiger partial charge on any atom is -0.489 e. The summed E-state index contributed by atoms with van der Waals surface area (Å²) in [5.74, 6) is 0.396. The largest absolute Gasteiger partial charge is 0.489 e. The first kappa shape index (κ1) is 10.6. The molecule has 2 nitrogen and oxygen atoms in total. The van der Waals surface area contributed by atoms with Gasteiger partial charge in [0.05, 0.1) is 12.2 Å². The van der Waals surface area contributed by atoms with E-state index in [1.165, 1.54) is 17.7 Å². The van der Waals surface area contributed by atoms with Crippen molar-refractivity contribution in [1.82, 2.24) is 0 Å². The zero-order chi connectivity index (χ0) is 11.7. The number of rotatable bonds is 2. The van der Waals surface area contributed by atoms with E-state index in [2.05, 4.69) is 21.7 Å². The number of anilines is 1. The fourth-order valence-corrected chi connectivity index (χ4v) is 2.68. The Balaban J connectivity index is 1.89. The highest BCUT2D eigenvalue weighted by atomic mass is 32.1. The molecule has 0 atom stereocenters. The number of hydrogen-bond donors (Lipinski definition) is 0. The van der Waals surface area contributed by atoms with Crippen LogP contribution in [0.15, 0.2) is 35.0 Å². The van der Waals surface area contributed by atoms with Gasteiger partial charge in [0.1, 0.15) is 18.2 Å². The molecule has 17 heavy (non-hydrogen) atoms. The minimum absolute atomic E-state index is 0.249. The van der Waals surface area contributed by atoms with E-state index in [-0.39, 0.29) is 5.82 Å². The summed E-state index contributed by atoms with van der Waals surface area (Å²) in [4.78, 5) is 2.22. The molecular formula is C13H12FNOS. The Labute approximate surface area is 103 Å². The maximum absolute atomic E-state index is 13.1. The molecular weight excluding hydrogens is 237 g/mol. The maximum Gasteiger partial charge on any atom is 0.145 e. The second kappa shape index (κ2) is 4.37. The molecule has 0 amide bonds. The highest BCUT2D eigenvalue weighted by molar-refractivity contribution is 7.07. The van der Waals surface area contributed by atoms with Crippen molar-refractivity contribution in [2.75, 3.05) is 18.1 Å². The zero-order valence-corrected chi connectivity index (χ0v) is 10.0. The molecule has 0 fully saturated rings. The molecule has 1 aliphatic rings. The number of thiophene rings is 1. The van der Waals surface area contributed by atoms with E-state index in [4.69, 9.17) is 4.74 Å². The minimum atomic E-state index is -0.249. The zero-order valence-electron chi connectivity index (χ0n) is 9.23. The average molecular weight is 249 g/mol. The fraction of sp³-hybridized carbons (Fsp3) is 0.231. The summed E-state index contributed by atoms with van der Waals surface area (Å²) >= 11 is 1.69. The van der Waals surface area contributed by atoms with Gasteiger partial charge in [-0.2, -0.15) is 11.3 Å². The van der Waals surface area contributed by atoms with Gasteiger partial charge in [0.2, 0.25) is 0 Å². The van der Waals surface area contributed by atoms with E-state index in [1.807, 2.05) is 0 Å². The standard InChI is InChI=1S/C13H12FNOS/c14-11-1-2-12-13(7-11)16-5-4-15(12)8-10-3-6-17-9-10/h1-3,6-7,9H,4-5,8H2. The molecule has 0 N–H and O–H groups in total. The summed E-state index contributed by atoms with van der Waals surface area (Å²) in [5.41, 5.74) is 2.26. The molecule has 1 aromatic heterocycles. The molecule has 2 aromatic rings. The lowest BCUT2D eigenvalue weighted by molar-refractivity contribution is 0.305. The van der Waals surface area contributed by atoms with Gasteiger partial charge in [-0.3, -0.25) is 0 Å². The molecule has 0 aliphatic carbocycles. The smallest absolute Gasteiger partial charge is 0.145 e. The van der Waals surface area contributed by atoms with E-state index < -0.39 is 0 Å².